The largest absolute Gasteiger partial charge is 0.494 e. The summed E-state index contributed by atoms with van der Waals surface area (Å²) in [5.74, 6) is 2.12. The first kappa shape index (κ1) is 17.3. The number of rotatable bonds is 7. The molecule has 1 aromatic heterocycles. The first-order valence-corrected chi connectivity index (χ1v) is 7.91. The van der Waals surface area contributed by atoms with E-state index in [1.165, 1.54) is 0 Å². The molecule has 2 rings (SSSR count). The maximum atomic E-state index is 5.78. The number of benzene rings is 1. The van der Waals surface area contributed by atoms with Gasteiger partial charge in [0.05, 0.1) is 25.5 Å². The van der Waals surface area contributed by atoms with Gasteiger partial charge in [0.1, 0.15) is 11.5 Å². The molecule has 0 saturated carbocycles. The summed E-state index contributed by atoms with van der Waals surface area (Å²) in [5.41, 5.74) is 1.01. The van der Waals surface area contributed by atoms with Crippen LogP contribution >= 0.6 is 0 Å². The van der Waals surface area contributed by atoms with E-state index < -0.39 is 0 Å². The van der Waals surface area contributed by atoms with Crippen molar-refractivity contribution < 1.29 is 14.2 Å². The maximum absolute atomic E-state index is 5.78. The van der Waals surface area contributed by atoms with Gasteiger partial charge in [0.2, 0.25) is 5.88 Å². The first-order chi connectivity index (χ1) is 11.0. The summed E-state index contributed by atoms with van der Waals surface area (Å²) in [4.78, 5) is 4.47. The van der Waals surface area contributed by atoms with E-state index in [0.717, 1.165) is 17.2 Å². The second-order valence-corrected chi connectivity index (χ2v) is 6.53. The van der Waals surface area contributed by atoms with Crippen molar-refractivity contribution in [2.45, 2.75) is 34.3 Å². The highest BCUT2D eigenvalue weighted by Crippen LogP contribution is 2.23. The van der Waals surface area contributed by atoms with E-state index in [0.29, 0.717) is 25.7 Å². The summed E-state index contributed by atoms with van der Waals surface area (Å²) in [6, 6.07) is 13.2. The van der Waals surface area contributed by atoms with Crippen molar-refractivity contribution in [1.82, 2.24) is 4.98 Å². The van der Waals surface area contributed by atoms with Gasteiger partial charge in [0, 0.05) is 6.07 Å². The smallest absolute Gasteiger partial charge is 0.219 e. The van der Waals surface area contributed by atoms with E-state index in [4.69, 9.17) is 14.2 Å². The third-order valence-electron chi connectivity index (χ3n) is 2.92. The molecule has 0 bridgehead atoms. The Balaban J connectivity index is 1.94. The molecule has 0 spiro atoms. The Morgan fingerprint density at radius 3 is 2.30 bits per heavy atom. The molecular formula is C19H25NO3. The monoisotopic (exact) mass is 315 g/mol. The second-order valence-electron chi connectivity index (χ2n) is 6.53. The topological polar surface area (TPSA) is 40.6 Å². The molecule has 0 aliphatic rings. The van der Waals surface area contributed by atoms with E-state index >= 15 is 0 Å². The van der Waals surface area contributed by atoms with Gasteiger partial charge in [0.15, 0.2) is 0 Å². The number of aromatic nitrogens is 1. The molecule has 0 fully saturated rings. The van der Waals surface area contributed by atoms with Crippen LogP contribution < -0.4 is 9.47 Å². The van der Waals surface area contributed by atoms with Gasteiger partial charge >= 0.3 is 0 Å². The molecule has 1 aromatic carbocycles. The van der Waals surface area contributed by atoms with Gasteiger partial charge in [-0.3, -0.25) is 0 Å². The van der Waals surface area contributed by atoms with E-state index in [9.17, 15) is 0 Å². The zero-order valence-corrected chi connectivity index (χ0v) is 14.3. The fourth-order valence-electron chi connectivity index (χ4n) is 1.95. The average molecular weight is 315 g/mol. The quantitative estimate of drug-likeness (QED) is 0.733. The van der Waals surface area contributed by atoms with Crippen molar-refractivity contribution >= 4 is 0 Å². The first-order valence-electron chi connectivity index (χ1n) is 7.91. The molecule has 0 atom stereocenters. The van der Waals surface area contributed by atoms with Crippen LogP contribution in [0.1, 0.15) is 33.4 Å². The predicted octanol–water partition coefficient (Wildman–Crippen LogP) is 4.84. The lowest BCUT2D eigenvalue weighted by Crippen LogP contribution is -2.14. The van der Waals surface area contributed by atoms with E-state index in [1.807, 2.05) is 49.4 Å². The van der Waals surface area contributed by atoms with Gasteiger partial charge in [-0.2, -0.15) is 0 Å². The number of nitrogens with zero attached hydrogens (tertiary/aromatic N) is 1. The van der Waals surface area contributed by atoms with Crippen LogP contribution in [0.2, 0.25) is 0 Å². The summed E-state index contributed by atoms with van der Waals surface area (Å²) in [5, 5.41) is 0. The molecule has 0 N–H and O–H groups in total. The Bertz CT molecular complexity index is 603. The minimum absolute atomic E-state index is 0.149. The second kappa shape index (κ2) is 7.97. The van der Waals surface area contributed by atoms with E-state index in [1.54, 1.807) is 0 Å². The third kappa shape index (κ3) is 6.28. The molecule has 2 aromatic rings. The van der Waals surface area contributed by atoms with Crippen LogP contribution in [0, 0.1) is 5.41 Å². The summed E-state index contributed by atoms with van der Waals surface area (Å²) in [6.07, 6.45) is 0. The lowest BCUT2D eigenvalue weighted by molar-refractivity contribution is 0.0579. The minimum atomic E-state index is 0.149. The standard InChI is InChI=1S/C19H25NO3/c1-5-22-16-9-11-17(12-10-16)23-18-8-6-7-15(20-18)13-21-14-19(2,3)4/h6-12H,5,13-14H2,1-4H3. The number of ether oxygens (including phenoxy) is 3. The Labute approximate surface area is 138 Å². The zero-order chi connectivity index (χ0) is 16.7. The molecule has 4 nitrogen and oxygen atoms in total. The average Bonchev–Trinajstić information content (AvgIpc) is 2.49. The Morgan fingerprint density at radius 2 is 1.65 bits per heavy atom. The van der Waals surface area contributed by atoms with Crippen molar-refractivity contribution in [2.75, 3.05) is 13.2 Å². The van der Waals surface area contributed by atoms with Gasteiger partial charge in [-0.1, -0.05) is 26.8 Å². The molecule has 0 amide bonds. The highest BCUT2D eigenvalue weighted by Gasteiger charge is 2.10. The van der Waals surface area contributed by atoms with Gasteiger partial charge in [-0.15, -0.1) is 0 Å². The Kier molecular flexibility index (Phi) is 5.99. The van der Waals surface area contributed by atoms with Crippen LogP contribution in [-0.2, 0) is 11.3 Å². The van der Waals surface area contributed by atoms with Crippen molar-refractivity contribution in [3.8, 4) is 17.4 Å². The van der Waals surface area contributed by atoms with Crippen LogP contribution in [0.15, 0.2) is 42.5 Å². The van der Waals surface area contributed by atoms with Crippen LogP contribution in [-0.4, -0.2) is 18.2 Å². The molecule has 124 valence electrons. The van der Waals surface area contributed by atoms with Gasteiger partial charge in [0.25, 0.3) is 0 Å². The van der Waals surface area contributed by atoms with E-state index in [-0.39, 0.29) is 5.41 Å². The summed E-state index contributed by atoms with van der Waals surface area (Å²) >= 11 is 0. The number of hydrogen-bond donors (Lipinski definition) is 0. The van der Waals surface area contributed by atoms with Crippen molar-refractivity contribution in [3.05, 3.63) is 48.2 Å². The lowest BCUT2D eigenvalue weighted by atomic mass is 9.99. The highest BCUT2D eigenvalue weighted by atomic mass is 16.5. The Morgan fingerprint density at radius 1 is 0.957 bits per heavy atom. The zero-order valence-electron chi connectivity index (χ0n) is 14.3. The molecule has 0 saturated heterocycles. The fourth-order valence-corrected chi connectivity index (χ4v) is 1.95. The van der Waals surface area contributed by atoms with Gasteiger partial charge in [-0.05, 0) is 42.7 Å². The molecule has 0 radical (unpaired) electrons. The maximum Gasteiger partial charge on any atom is 0.219 e. The van der Waals surface area contributed by atoms with Crippen LogP contribution in [0.3, 0.4) is 0 Å². The number of hydrogen-bond acceptors (Lipinski definition) is 4. The summed E-state index contributed by atoms with van der Waals surface area (Å²) < 4.78 is 16.9. The third-order valence-corrected chi connectivity index (χ3v) is 2.92. The SMILES string of the molecule is CCOc1ccc(Oc2cccc(COCC(C)(C)C)n2)cc1. The van der Waals surface area contributed by atoms with Crippen LogP contribution in [0.5, 0.6) is 17.4 Å². The van der Waals surface area contributed by atoms with Crippen LogP contribution in [0.4, 0.5) is 0 Å². The van der Waals surface area contributed by atoms with Gasteiger partial charge in [-0.25, -0.2) is 4.98 Å². The molecule has 23 heavy (non-hydrogen) atoms. The van der Waals surface area contributed by atoms with E-state index in [2.05, 4.69) is 25.8 Å². The summed E-state index contributed by atoms with van der Waals surface area (Å²) in [7, 11) is 0. The highest BCUT2D eigenvalue weighted by molar-refractivity contribution is 5.33. The molecule has 1 heterocycles. The molecule has 0 aliphatic carbocycles. The molecule has 0 aliphatic heterocycles. The summed E-state index contributed by atoms with van der Waals surface area (Å²) in [6.45, 7) is 10.2. The van der Waals surface area contributed by atoms with Crippen molar-refractivity contribution in [3.63, 3.8) is 0 Å². The molecule has 4 heteroatoms. The van der Waals surface area contributed by atoms with Crippen molar-refractivity contribution in [1.29, 1.82) is 0 Å². The Hall–Kier alpha value is -2.07. The van der Waals surface area contributed by atoms with Crippen molar-refractivity contribution in [2.24, 2.45) is 5.41 Å². The fraction of sp³-hybridized carbons (Fsp3) is 0.421. The minimum Gasteiger partial charge on any atom is -0.494 e. The molecular weight excluding hydrogens is 290 g/mol. The van der Waals surface area contributed by atoms with Gasteiger partial charge < -0.3 is 14.2 Å². The lowest BCUT2D eigenvalue weighted by Gasteiger charge is -2.17. The normalized spacial score (nSPS) is 11.3. The number of pyridine rings is 1. The van der Waals surface area contributed by atoms with Crippen LogP contribution in [0.25, 0.3) is 0 Å². The molecule has 0 unspecified atom stereocenters. The predicted molar refractivity (Wildman–Crippen MR) is 91.0 cm³/mol.